The fourth-order valence-electron chi connectivity index (χ4n) is 2.11. The van der Waals surface area contributed by atoms with E-state index in [1.54, 1.807) is 26.0 Å². The molecule has 120 valence electrons. The smallest absolute Gasteiger partial charge is 0.343 e. The Bertz CT molecular complexity index is 696. The third kappa shape index (κ3) is 3.88. The minimum absolute atomic E-state index is 0.115. The summed E-state index contributed by atoms with van der Waals surface area (Å²) in [5.74, 6) is 0.000822. The summed E-state index contributed by atoms with van der Waals surface area (Å²) in [4.78, 5) is 16.1. The highest BCUT2D eigenvalue weighted by Gasteiger charge is 2.27. The number of ether oxygens (including phenoxy) is 2. The molecule has 1 aliphatic rings. The largest absolute Gasteiger partial charge is 0.505 e. The second-order valence-electron chi connectivity index (χ2n) is 4.84. The molecule has 0 radical (unpaired) electrons. The van der Waals surface area contributed by atoms with E-state index in [1.165, 1.54) is 0 Å². The number of carbonyl (C=O) groups is 1. The molecule has 0 atom stereocenters. The van der Waals surface area contributed by atoms with Crippen LogP contribution in [0.2, 0.25) is 0 Å². The van der Waals surface area contributed by atoms with Crippen LogP contribution in [0.5, 0.6) is 5.75 Å². The lowest BCUT2D eigenvalue weighted by Gasteiger charge is -2.04. The summed E-state index contributed by atoms with van der Waals surface area (Å²) in [6, 6.07) is 7.31. The topological polar surface area (TPSA) is 68.1 Å². The fraction of sp³-hybridized carbons (Fsp3) is 0.222. The first-order valence-corrected chi connectivity index (χ1v) is 7.28. The zero-order valence-corrected chi connectivity index (χ0v) is 13.2. The molecular formula is C18H19NO4. The summed E-state index contributed by atoms with van der Waals surface area (Å²) in [6.07, 6.45) is 3.37. The van der Waals surface area contributed by atoms with Crippen molar-refractivity contribution in [3.05, 3.63) is 59.5 Å². The van der Waals surface area contributed by atoms with Gasteiger partial charge in [-0.05, 0) is 37.6 Å². The van der Waals surface area contributed by atoms with Crippen molar-refractivity contribution >= 4 is 17.8 Å². The molecule has 1 aromatic rings. The third-order valence-electron chi connectivity index (χ3n) is 3.16. The van der Waals surface area contributed by atoms with E-state index in [-0.39, 0.29) is 17.9 Å². The maximum atomic E-state index is 11.8. The predicted molar refractivity (Wildman–Crippen MR) is 89.5 cm³/mol. The molecule has 0 unspecified atom stereocenters. The van der Waals surface area contributed by atoms with Gasteiger partial charge >= 0.3 is 5.97 Å². The van der Waals surface area contributed by atoms with Crippen LogP contribution in [0.3, 0.4) is 0 Å². The van der Waals surface area contributed by atoms with Gasteiger partial charge in [-0.1, -0.05) is 24.8 Å². The summed E-state index contributed by atoms with van der Waals surface area (Å²) >= 11 is 0. The summed E-state index contributed by atoms with van der Waals surface area (Å²) in [5, 5.41) is 10.2. The molecule has 1 heterocycles. The van der Waals surface area contributed by atoms with Gasteiger partial charge in [-0.25, -0.2) is 9.79 Å². The van der Waals surface area contributed by atoms with E-state index in [9.17, 15) is 9.90 Å². The Morgan fingerprint density at radius 3 is 2.65 bits per heavy atom. The number of aliphatic imine (C=N–C) groups is 1. The molecule has 5 nitrogen and oxygen atoms in total. The van der Waals surface area contributed by atoms with Crippen LogP contribution in [0.25, 0.3) is 6.08 Å². The van der Waals surface area contributed by atoms with Gasteiger partial charge in [0.25, 0.3) is 0 Å². The van der Waals surface area contributed by atoms with Crippen LogP contribution < -0.4 is 4.74 Å². The predicted octanol–water partition coefficient (Wildman–Crippen LogP) is 3.44. The lowest BCUT2D eigenvalue weighted by molar-refractivity contribution is -0.138. The van der Waals surface area contributed by atoms with E-state index in [2.05, 4.69) is 11.6 Å². The zero-order valence-electron chi connectivity index (χ0n) is 13.2. The number of carbonyl (C=O) groups excluding carboxylic acids is 1. The second kappa shape index (κ2) is 7.45. The molecular weight excluding hydrogens is 294 g/mol. The van der Waals surface area contributed by atoms with Gasteiger partial charge in [0, 0.05) is 0 Å². The Balaban J connectivity index is 2.23. The Morgan fingerprint density at radius 1 is 1.35 bits per heavy atom. The van der Waals surface area contributed by atoms with Gasteiger partial charge in [0.05, 0.1) is 12.3 Å². The van der Waals surface area contributed by atoms with Gasteiger partial charge in [-0.2, -0.15) is 0 Å². The van der Waals surface area contributed by atoms with Crippen LogP contribution in [0.1, 0.15) is 19.4 Å². The molecule has 0 amide bonds. The molecule has 0 saturated carbocycles. The zero-order chi connectivity index (χ0) is 16.8. The van der Waals surface area contributed by atoms with Crippen molar-refractivity contribution in [3.8, 4) is 5.75 Å². The second-order valence-corrected chi connectivity index (χ2v) is 4.84. The third-order valence-corrected chi connectivity index (χ3v) is 3.16. The number of aliphatic hydroxyl groups excluding tert-OH is 1. The first kappa shape index (κ1) is 16.5. The summed E-state index contributed by atoms with van der Waals surface area (Å²) in [5.41, 5.74) is 1.73. The van der Waals surface area contributed by atoms with Gasteiger partial charge < -0.3 is 14.6 Å². The van der Waals surface area contributed by atoms with Crippen LogP contribution in [0, 0.1) is 0 Å². The van der Waals surface area contributed by atoms with Crippen LogP contribution in [0.4, 0.5) is 0 Å². The number of benzene rings is 1. The van der Waals surface area contributed by atoms with Gasteiger partial charge in [-0.15, -0.1) is 0 Å². The normalized spacial score (nSPS) is 15.6. The molecule has 0 aromatic heterocycles. The van der Waals surface area contributed by atoms with Gasteiger partial charge in [0.15, 0.2) is 5.76 Å². The van der Waals surface area contributed by atoms with Crippen molar-refractivity contribution in [3.63, 3.8) is 0 Å². The van der Waals surface area contributed by atoms with Crippen LogP contribution in [-0.2, 0) is 9.53 Å². The highest BCUT2D eigenvalue weighted by Crippen LogP contribution is 2.26. The number of aliphatic hydroxyl groups is 1. The molecule has 0 spiro atoms. The van der Waals surface area contributed by atoms with Gasteiger partial charge in [-0.3, -0.25) is 0 Å². The number of hydrogen-bond donors (Lipinski definition) is 1. The number of rotatable bonds is 6. The van der Waals surface area contributed by atoms with E-state index in [0.29, 0.717) is 18.0 Å². The molecule has 1 aromatic carbocycles. The average Bonchev–Trinajstić information content (AvgIpc) is 2.81. The maximum absolute atomic E-state index is 11.8. The molecule has 23 heavy (non-hydrogen) atoms. The summed E-state index contributed by atoms with van der Waals surface area (Å²) in [7, 11) is 0. The Morgan fingerprint density at radius 2 is 2.04 bits per heavy atom. The van der Waals surface area contributed by atoms with Crippen LogP contribution in [-0.4, -0.2) is 30.0 Å². The quantitative estimate of drug-likeness (QED) is 0.645. The van der Waals surface area contributed by atoms with Crippen molar-refractivity contribution in [2.24, 2.45) is 4.99 Å². The average molecular weight is 313 g/mol. The Hall–Kier alpha value is -2.82. The van der Waals surface area contributed by atoms with Crippen molar-refractivity contribution in [1.29, 1.82) is 0 Å². The molecule has 0 aliphatic carbocycles. The monoisotopic (exact) mass is 313 g/mol. The van der Waals surface area contributed by atoms with E-state index in [1.807, 2.05) is 24.3 Å². The molecule has 0 bridgehead atoms. The molecule has 5 heteroatoms. The molecule has 2 rings (SSSR count). The van der Waals surface area contributed by atoms with Crippen LogP contribution in [0.15, 0.2) is 58.9 Å². The molecule has 1 aliphatic heterocycles. The Kier molecular flexibility index (Phi) is 5.36. The first-order valence-electron chi connectivity index (χ1n) is 7.28. The fourth-order valence-corrected chi connectivity index (χ4v) is 2.11. The Labute approximate surface area is 135 Å². The number of hydrogen-bond acceptors (Lipinski definition) is 5. The summed E-state index contributed by atoms with van der Waals surface area (Å²) < 4.78 is 10.3. The van der Waals surface area contributed by atoms with Gasteiger partial charge in [0.2, 0.25) is 0 Å². The molecule has 1 N–H and O–H groups in total. The number of nitrogens with zero attached hydrogens (tertiary/aromatic N) is 1. The minimum atomic E-state index is -0.567. The molecule has 0 saturated heterocycles. The maximum Gasteiger partial charge on any atom is 0.343 e. The SMILES string of the molecule is C=CCOc1ccc(/C=C2/N=C(C)C(C(=O)OCC)=C2O)cc1. The van der Waals surface area contributed by atoms with E-state index in [4.69, 9.17) is 9.47 Å². The van der Waals surface area contributed by atoms with Crippen molar-refractivity contribution < 1.29 is 19.4 Å². The van der Waals surface area contributed by atoms with E-state index >= 15 is 0 Å². The van der Waals surface area contributed by atoms with E-state index < -0.39 is 5.97 Å². The highest BCUT2D eigenvalue weighted by molar-refractivity contribution is 6.22. The van der Waals surface area contributed by atoms with Crippen molar-refractivity contribution in [2.45, 2.75) is 13.8 Å². The van der Waals surface area contributed by atoms with E-state index in [0.717, 1.165) is 11.3 Å². The first-order chi connectivity index (χ1) is 11.1. The minimum Gasteiger partial charge on any atom is -0.505 e. The lowest BCUT2D eigenvalue weighted by Crippen LogP contribution is -2.13. The highest BCUT2D eigenvalue weighted by atomic mass is 16.5. The lowest BCUT2D eigenvalue weighted by atomic mass is 10.1. The molecule has 0 fully saturated rings. The number of esters is 1. The standard InChI is InChI=1S/C18H19NO4/c1-4-10-23-14-8-6-13(7-9-14)11-15-17(20)16(12(3)19-15)18(21)22-5-2/h4,6-9,11,20H,1,5,10H2,2-3H3/b15-11+. The van der Waals surface area contributed by atoms with Crippen LogP contribution >= 0.6 is 0 Å². The summed E-state index contributed by atoms with van der Waals surface area (Å²) in [6.45, 7) is 7.65. The van der Waals surface area contributed by atoms with Crippen molar-refractivity contribution in [2.75, 3.05) is 13.2 Å². The van der Waals surface area contributed by atoms with Gasteiger partial charge in [0.1, 0.15) is 23.6 Å². The van der Waals surface area contributed by atoms with Crippen molar-refractivity contribution in [1.82, 2.24) is 0 Å².